The van der Waals surface area contributed by atoms with Crippen LogP contribution >= 0.6 is 0 Å². The first-order valence-electron chi connectivity index (χ1n) is 5.73. The molecule has 0 spiro atoms. The lowest BCUT2D eigenvalue weighted by atomic mass is 10.1. The molecule has 1 N–H and O–H groups in total. The molecule has 1 rings (SSSR count). The Labute approximate surface area is 90.2 Å². The number of aryl methyl sites for hydroxylation is 1. The number of hydrogen-bond donors (Lipinski definition) is 1. The molecule has 0 saturated heterocycles. The van der Waals surface area contributed by atoms with Crippen LogP contribution in [0.15, 0.2) is 11.1 Å². The second-order valence-electron chi connectivity index (χ2n) is 3.77. The van der Waals surface area contributed by atoms with Crippen LogP contribution in [-0.4, -0.2) is 15.0 Å². The fraction of sp³-hybridized carbons (Fsp3) is 0.727. The topological polar surface area (TPSA) is 58.6 Å². The molecule has 4 nitrogen and oxygen atoms in total. The normalized spacial score (nSPS) is 10.5. The van der Waals surface area contributed by atoms with Crippen molar-refractivity contribution in [2.75, 3.05) is 0 Å². The highest BCUT2D eigenvalue weighted by molar-refractivity contribution is 4.81. The lowest BCUT2D eigenvalue weighted by Gasteiger charge is -2.00. The third-order valence-corrected chi connectivity index (χ3v) is 2.41. The molecule has 0 amide bonds. The van der Waals surface area contributed by atoms with Gasteiger partial charge in [-0.2, -0.15) is 4.98 Å². The minimum Gasteiger partial charge on any atom is -0.294 e. The number of nitrogens with one attached hydrogen (secondary N) is 1. The Balaban J connectivity index is 2.12. The monoisotopic (exact) mass is 209 g/mol. The highest BCUT2D eigenvalue weighted by atomic mass is 16.1. The lowest BCUT2D eigenvalue weighted by Crippen LogP contribution is -2.13. The van der Waals surface area contributed by atoms with Crippen LogP contribution in [0.25, 0.3) is 0 Å². The van der Waals surface area contributed by atoms with Crippen molar-refractivity contribution in [2.24, 2.45) is 0 Å². The van der Waals surface area contributed by atoms with E-state index >= 15 is 0 Å². The fourth-order valence-electron chi connectivity index (χ4n) is 1.54. The largest absolute Gasteiger partial charge is 0.347 e. The Hall–Kier alpha value is -1.19. The molecule has 0 aliphatic heterocycles. The highest BCUT2D eigenvalue weighted by Crippen LogP contribution is 2.06. The van der Waals surface area contributed by atoms with Crippen molar-refractivity contribution in [1.29, 1.82) is 0 Å². The van der Waals surface area contributed by atoms with E-state index in [-0.39, 0.29) is 5.69 Å². The Bertz CT molecular complexity index is 322. The molecule has 15 heavy (non-hydrogen) atoms. The summed E-state index contributed by atoms with van der Waals surface area (Å²) in [6.07, 6.45) is 9.68. The molecular weight excluding hydrogens is 190 g/mol. The van der Waals surface area contributed by atoms with Crippen LogP contribution < -0.4 is 5.69 Å². The van der Waals surface area contributed by atoms with Crippen molar-refractivity contribution in [3.05, 3.63) is 22.6 Å². The number of aromatic amines is 1. The first-order valence-corrected chi connectivity index (χ1v) is 5.73. The van der Waals surface area contributed by atoms with Gasteiger partial charge in [0.25, 0.3) is 0 Å². The van der Waals surface area contributed by atoms with Gasteiger partial charge in [0.2, 0.25) is 0 Å². The van der Waals surface area contributed by atoms with Crippen molar-refractivity contribution in [3.8, 4) is 0 Å². The average molecular weight is 209 g/mol. The van der Waals surface area contributed by atoms with Gasteiger partial charge in [0.1, 0.15) is 12.2 Å². The molecule has 0 fully saturated rings. The molecule has 0 aliphatic carbocycles. The summed E-state index contributed by atoms with van der Waals surface area (Å²) in [4.78, 5) is 21.0. The Morgan fingerprint density at radius 3 is 2.60 bits per heavy atom. The third kappa shape index (κ3) is 5.30. The zero-order chi connectivity index (χ0) is 10.9. The maximum Gasteiger partial charge on any atom is 0.347 e. The van der Waals surface area contributed by atoms with E-state index in [0.29, 0.717) is 0 Å². The van der Waals surface area contributed by atoms with Gasteiger partial charge in [0.05, 0.1) is 0 Å². The smallest absolute Gasteiger partial charge is 0.294 e. The van der Waals surface area contributed by atoms with Crippen molar-refractivity contribution in [1.82, 2.24) is 15.0 Å². The summed E-state index contributed by atoms with van der Waals surface area (Å²) in [5.41, 5.74) is -0.300. The van der Waals surface area contributed by atoms with Crippen LogP contribution in [0, 0.1) is 0 Å². The third-order valence-electron chi connectivity index (χ3n) is 2.41. The Morgan fingerprint density at radius 1 is 1.13 bits per heavy atom. The van der Waals surface area contributed by atoms with Gasteiger partial charge in [-0.3, -0.25) is 4.98 Å². The number of rotatable bonds is 7. The lowest BCUT2D eigenvalue weighted by molar-refractivity contribution is 0.599. The molecule has 0 aliphatic rings. The Kier molecular flexibility index (Phi) is 5.66. The van der Waals surface area contributed by atoms with E-state index in [4.69, 9.17) is 0 Å². The van der Waals surface area contributed by atoms with E-state index in [1.165, 1.54) is 38.4 Å². The minimum absolute atomic E-state index is 0.300. The maximum absolute atomic E-state index is 10.9. The van der Waals surface area contributed by atoms with Crippen molar-refractivity contribution in [2.45, 2.75) is 51.9 Å². The second-order valence-corrected chi connectivity index (χ2v) is 3.77. The van der Waals surface area contributed by atoms with Crippen molar-refractivity contribution >= 4 is 0 Å². The molecule has 1 aromatic heterocycles. The van der Waals surface area contributed by atoms with Crippen LogP contribution in [0.3, 0.4) is 0 Å². The number of unbranched alkanes of at least 4 members (excludes halogenated alkanes) is 5. The zero-order valence-electron chi connectivity index (χ0n) is 9.33. The molecule has 0 atom stereocenters. The molecule has 1 aromatic rings. The number of nitrogens with zero attached hydrogens (tertiary/aromatic N) is 2. The summed E-state index contributed by atoms with van der Waals surface area (Å²) >= 11 is 0. The van der Waals surface area contributed by atoms with Gasteiger partial charge in [-0.15, -0.1) is 0 Å². The molecule has 4 heteroatoms. The van der Waals surface area contributed by atoms with E-state index < -0.39 is 0 Å². The molecule has 0 radical (unpaired) electrons. The molecule has 0 aromatic carbocycles. The molecular formula is C11H19N3O. The molecule has 0 bridgehead atoms. The van der Waals surface area contributed by atoms with E-state index in [9.17, 15) is 4.79 Å². The SMILES string of the molecule is CCCCCCCCc1ncnc(=O)[nH]1. The summed E-state index contributed by atoms with van der Waals surface area (Å²) in [6.45, 7) is 2.21. The van der Waals surface area contributed by atoms with E-state index in [1.807, 2.05) is 0 Å². The van der Waals surface area contributed by atoms with Crippen LogP contribution in [0.4, 0.5) is 0 Å². The summed E-state index contributed by atoms with van der Waals surface area (Å²) in [5.74, 6) is 0.755. The van der Waals surface area contributed by atoms with Gasteiger partial charge >= 0.3 is 5.69 Å². The second kappa shape index (κ2) is 7.15. The number of H-pyrrole nitrogens is 1. The maximum atomic E-state index is 10.9. The van der Waals surface area contributed by atoms with Gasteiger partial charge in [0.15, 0.2) is 0 Å². The number of hydrogen-bond acceptors (Lipinski definition) is 3. The number of aromatic nitrogens is 3. The minimum atomic E-state index is -0.300. The van der Waals surface area contributed by atoms with Gasteiger partial charge in [-0.1, -0.05) is 39.0 Å². The first kappa shape index (κ1) is 11.9. The predicted octanol–water partition coefficient (Wildman–Crippen LogP) is 2.07. The van der Waals surface area contributed by atoms with Gasteiger partial charge in [-0.25, -0.2) is 9.78 Å². The van der Waals surface area contributed by atoms with Gasteiger partial charge in [0, 0.05) is 6.42 Å². The van der Waals surface area contributed by atoms with Crippen molar-refractivity contribution in [3.63, 3.8) is 0 Å². The summed E-state index contributed by atoms with van der Waals surface area (Å²) in [7, 11) is 0. The summed E-state index contributed by atoms with van der Waals surface area (Å²) < 4.78 is 0. The van der Waals surface area contributed by atoms with Crippen LogP contribution in [-0.2, 0) is 6.42 Å². The molecule has 0 saturated carbocycles. The standard InChI is InChI=1S/C11H19N3O/c1-2-3-4-5-6-7-8-10-12-9-13-11(15)14-10/h9H,2-8H2,1H3,(H,12,13,14,15). The first-order chi connectivity index (χ1) is 7.33. The van der Waals surface area contributed by atoms with Crippen LogP contribution in [0.2, 0.25) is 0 Å². The average Bonchev–Trinajstić information content (AvgIpc) is 2.23. The van der Waals surface area contributed by atoms with E-state index in [2.05, 4.69) is 21.9 Å². The Morgan fingerprint density at radius 2 is 1.87 bits per heavy atom. The molecule has 0 unspecified atom stereocenters. The fourth-order valence-corrected chi connectivity index (χ4v) is 1.54. The van der Waals surface area contributed by atoms with E-state index in [0.717, 1.165) is 18.7 Å². The molecule has 1 heterocycles. The zero-order valence-corrected chi connectivity index (χ0v) is 9.33. The van der Waals surface area contributed by atoms with Crippen molar-refractivity contribution < 1.29 is 0 Å². The van der Waals surface area contributed by atoms with Gasteiger partial charge in [-0.05, 0) is 6.42 Å². The van der Waals surface area contributed by atoms with Crippen LogP contribution in [0.1, 0.15) is 51.3 Å². The molecule has 84 valence electrons. The quantitative estimate of drug-likeness (QED) is 0.699. The summed E-state index contributed by atoms with van der Waals surface area (Å²) in [6, 6.07) is 0. The van der Waals surface area contributed by atoms with E-state index in [1.54, 1.807) is 0 Å². The summed E-state index contributed by atoms with van der Waals surface area (Å²) in [5, 5.41) is 0. The van der Waals surface area contributed by atoms with Gasteiger partial charge < -0.3 is 0 Å². The highest BCUT2D eigenvalue weighted by Gasteiger charge is 1.96. The predicted molar refractivity (Wildman–Crippen MR) is 59.7 cm³/mol. The van der Waals surface area contributed by atoms with Crippen LogP contribution in [0.5, 0.6) is 0 Å².